The van der Waals surface area contributed by atoms with Crippen molar-refractivity contribution in [2.45, 2.75) is 70.3 Å². The Morgan fingerprint density at radius 2 is 1.62 bits per heavy atom. The smallest absolute Gasteiger partial charge is 0.326 e. The number of hydrogen-bond donors (Lipinski definition) is 8. The average molecular weight is 484 g/mol. The number of carbonyl (C=O) groups is 5. The molecule has 5 unspecified atom stereocenters. The molecule has 4 amide bonds. The molecule has 14 nitrogen and oxygen atoms in total. The van der Waals surface area contributed by atoms with Crippen molar-refractivity contribution in [3.8, 4) is 0 Å². The SMILES string of the molecule is CC(C)C(NC(=O)C(Cc1cnc[nH]1)NC(=O)C(CCC(N)=O)NC(=O)C(N)C(C)O)C(=O)O. The molecule has 5 atom stereocenters. The number of carboxylic acid groups (broad SMARTS) is 1. The summed E-state index contributed by atoms with van der Waals surface area (Å²) in [5.41, 5.74) is 11.2. The molecular formula is C20H33N7O7. The zero-order valence-corrected chi connectivity index (χ0v) is 19.3. The largest absolute Gasteiger partial charge is 0.480 e. The van der Waals surface area contributed by atoms with Crippen LogP contribution in [0.2, 0.25) is 0 Å². The summed E-state index contributed by atoms with van der Waals surface area (Å²) in [6, 6.07) is -5.09. The summed E-state index contributed by atoms with van der Waals surface area (Å²) in [5, 5.41) is 26.1. The van der Waals surface area contributed by atoms with Gasteiger partial charge < -0.3 is 42.6 Å². The van der Waals surface area contributed by atoms with Gasteiger partial charge in [-0.2, -0.15) is 0 Å². The first-order valence-corrected chi connectivity index (χ1v) is 10.7. The minimum absolute atomic E-state index is 0.0638. The number of aliphatic hydroxyl groups is 1. The third kappa shape index (κ3) is 9.15. The average Bonchev–Trinajstić information content (AvgIpc) is 3.25. The lowest BCUT2D eigenvalue weighted by atomic mass is 10.0. The van der Waals surface area contributed by atoms with E-state index in [9.17, 15) is 34.2 Å². The number of nitrogens with one attached hydrogen (secondary N) is 4. The molecule has 0 aliphatic rings. The molecule has 0 spiro atoms. The number of aromatic amines is 1. The van der Waals surface area contributed by atoms with Crippen LogP contribution >= 0.6 is 0 Å². The normalized spacial score (nSPS) is 15.5. The zero-order valence-electron chi connectivity index (χ0n) is 19.3. The van der Waals surface area contributed by atoms with Crippen molar-refractivity contribution in [3.05, 3.63) is 18.2 Å². The minimum atomic E-state index is -1.34. The Labute approximate surface area is 196 Å². The Bertz CT molecular complexity index is 857. The van der Waals surface area contributed by atoms with Crippen LogP contribution in [0.15, 0.2) is 12.5 Å². The molecule has 1 aromatic heterocycles. The molecule has 1 rings (SSSR count). The van der Waals surface area contributed by atoms with Gasteiger partial charge >= 0.3 is 5.97 Å². The lowest BCUT2D eigenvalue weighted by Gasteiger charge is -2.26. The van der Waals surface area contributed by atoms with Gasteiger partial charge in [0.2, 0.25) is 23.6 Å². The number of aliphatic carboxylic acids is 1. The Hall–Kier alpha value is -3.52. The summed E-state index contributed by atoms with van der Waals surface area (Å²) in [5.74, 6) is -4.85. The second-order valence-corrected chi connectivity index (χ2v) is 8.24. The van der Waals surface area contributed by atoms with Gasteiger partial charge in [0.15, 0.2) is 0 Å². The predicted octanol–water partition coefficient (Wildman–Crippen LogP) is -2.88. The first-order chi connectivity index (χ1) is 15.8. The maximum atomic E-state index is 13.0. The van der Waals surface area contributed by atoms with Gasteiger partial charge in [-0.05, 0) is 19.3 Å². The van der Waals surface area contributed by atoms with Crippen LogP contribution in [0.5, 0.6) is 0 Å². The number of imidazole rings is 1. The molecule has 14 heteroatoms. The summed E-state index contributed by atoms with van der Waals surface area (Å²) >= 11 is 0. The van der Waals surface area contributed by atoms with E-state index in [2.05, 4.69) is 25.9 Å². The number of nitrogens with two attached hydrogens (primary N) is 2. The quantitative estimate of drug-likeness (QED) is 0.135. The fraction of sp³-hybridized carbons (Fsp3) is 0.600. The molecule has 0 aromatic carbocycles. The van der Waals surface area contributed by atoms with Gasteiger partial charge in [0.25, 0.3) is 0 Å². The summed E-state index contributed by atoms with van der Waals surface area (Å²) in [7, 11) is 0. The molecule has 0 bridgehead atoms. The monoisotopic (exact) mass is 483 g/mol. The summed E-state index contributed by atoms with van der Waals surface area (Å²) < 4.78 is 0. The molecule has 0 radical (unpaired) electrons. The van der Waals surface area contributed by atoms with Crippen molar-refractivity contribution < 1.29 is 34.2 Å². The second-order valence-electron chi connectivity index (χ2n) is 8.24. The number of hydrogen-bond acceptors (Lipinski definition) is 8. The summed E-state index contributed by atoms with van der Waals surface area (Å²) in [6.07, 6.45) is 1.08. The highest BCUT2D eigenvalue weighted by Crippen LogP contribution is 2.07. The molecule has 0 fully saturated rings. The van der Waals surface area contributed by atoms with Crippen LogP contribution in [-0.2, 0) is 30.4 Å². The van der Waals surface area contributed by atoms with Crippen molar-refractivity contribution in [2.75, 3.05) is 0 Å². The minimum Gasteiger partial charge on any atom is -0.480 e. The third-order valence-electron chi connectivity index (χ3n) is 4.98. The number of aromatic nitrogens is 2. The fourth-order valence-corrected chi connectivity index (χ4v) is 2.91. The second kappa shape index (κ2) is 13.3. The van der Waals surface area contributed by atoms with E-state index < -0.39 is 65.8 Å². The van der Waals surface area contributed by atoms with Crippen LogP contribution in [0.3, 0.4) is 0 Å². The number of carbonyl (C=O) groups excluding carboxylic acids is 4. The summed E-state index contributed by atoms with van der Waals surface area (Å²) in [6.45, 7) is 4.52. The number of H-pyrrole nitrogens is 1. The number of aliphatic hydroxyl groups excluding tert-OH is 1. The molecule has 1 heterocycles. The van der Waals surface area contributed by atoms with Crippen molar-refractivity contribution in [1.82, 2.24) is 25.9 Å². The topological polar surface area (TPSA) is 243 Å². The Morgan fingerprint density at radius 3 is 2.09 bits per heavy atom. The van der Waals surface area contributed by atoms with E-state index in [-0.39, 0.29) is 19.3 Å². The zero-order chi connectivity index (χ0) is 26.0. The molecular weight excluding hydrogens is 450 g/mol. The molecule has 0 aliphatic heterocycles. The van der Waals surface area contributed by atoms with E-state index in [4.69, 9.17) is 11.5 Å². The number of nitrogens with zero attached hydrogens (tertiary/aromatic N) is 1. The van der Waals surface area contributed by atoms with Gasteiger partial charge in [0.1, 0.15) is 24.2 Å². The van der Waals surface area contributed by atoms with Crippen molar-refractivity contribution in [2.24, 2.45) is 17.4 Å². The van der Waals surface area contributed by atoms with E-state index in [1.54, 1.807) is 13.8 Å². The van der Waals surface area contributed by atoms with Crippen LogP contribution < -0.4 is 27.4 Å². The number of primary amides is 1. The van der Waals surface area contributed by atoms with Gasteiger partial charge in [-0.15, -0.1) is 0 Å². The van der Waals surface area contributed by atoms with Crippen molar-refractivity contribution in [1.29, 1.82) is 0 Å². The van der Waals surface area contributed by atoms with Crippen LogP contribution in [0.4, 0.5) is 0 Å². The first-order valence-electron chi connectivity index (χ1n) is 10.7. The van der Waals surface area contributed by atoms with Crippen LogP contribution in [0.1, 0.15) is 39.3 Å². The number of rotatable bonds is 14. The van der Waals surface area contributed by atoms with Crippen molar-refractivity contribution >= 4 is 29.6 Å². The van der Waals surface area contributed by atoms with Crippen molar-refractivity contribution in [3.63, 3.8) is 0 Å². The Balaban J connectivity index is 3.10. The lowest BCUT2D eigenvalue weighted by molar-refractivity contribution is -0.143. The lowest BCUT2D eigenvalue weighted by Crippen LogP contribution is -2.59. The fourth-order valence-electron chi connectivity index (χ4n) is 2.91. The number of carboxylic acids is 1. The Morgan fingerprint density at radius 1 is 1.03 bits per heavy atom. The van der Waals surface area contributed by atoms with Gasteiger partial charge in [-0.3, -0.25) is 19.2 Å². The molecule has 34 heavy (non-hydrogen) atoms. The van der Waals surface area contributed by atoms with Gasteiger partial charge in [0, 0.05) is 24.7 Å². The van der Waals surface area contributed by atoms with E-state index >= 15 is 0 Å². The van der Waals surface area contributed by atoms with Crippen LogP contribution in [-0.4, -0.2) is 80.1 Å². The molecule has 0 aliphatic carbocycles. The molecule has 1 aromatic rings. The standard InChI is InChI=1S/C20H33N7O7/c1-9(2)16(20(33)34)27-18(31)13(6-11-7-23-8-24-11)26-17(30)12(4-5-14(21)29)25-19(32)15(22)10(3)28/h7-10,12-13,15-16,28H,4-6,22H2,1-3H3,(H2,21,29)(H,23,24)(H,25,32)(H,26,30)(H,27,31)(H,33,34). The molecule has 10 N–H and O–H groups in total. The van der Waals surface area contributed by atoms with E-state index in [0.29, 0.717) is 5.69 Å². The van der Waals surface area contributed by atoms with Crippen LogP contribution in [0.25, 0.3) is 0 Å². The van der Waals surface area contributed by atoms with E-state index in [1.165, 1.54) is 19.4 Å². The van der Waals surface area contributed by atoms with Crippen LogP contribution in [0, 0.1) is 5.92 Å². The van der Waals surface area contributed by atoms with Gasteiger partial charge in [-0.1, -0.05) is 13.8 Å². The highest BCUT2D eigenvalue weighted by molar-refractivity contribution is 5.94. The van der Waals surface area contributed by atoms with Gasteiger partial charge in [-0.25, -0.2) is 9.78 Å². The van der Waals surface area contributed by atoms with Gasteiger partial charge in [0.05, 0.1) is 12.4 Å². The maximum Gasteiger partial charge on any atom is 0.326 e. The van der Waals surface area contributed by atoms with E-state index in [1.807, 2.05) is 0 Å². The highest BCUT2D eigenvalue weighted by atomic mass is 16.4. The predicted molar refractivity (Wildman–Crippen MR) is 119 cm³/mol. The first kappa shape index (κ1) is 28.5. The molecule has 0 saturated heterocycles. The third-order valence-corrected chi connectivity index (χ3v) is 4.98. The molecule has 190 valence electrons. The summed E-state index contributed by atoms with van der Waals surface area (Å²) in [4.78, 5) is 67.5. The molecule has 0 saturated carbocycles. The number of amides is 4. The highest BCUT2D eigenvalue weighted by Gasteiger charge is 2.32. The maximum absolute atomic E-state index is 13.0. The Kier molecular flexibility index (Phi) is 11.1. The van der Waals surface area contributed by atoms with E-state index in [0.717, 1.165) is 0 Å².